The van der Waals surface area contributed by atoms with Crippen LogP contribution in [0.25, 0.3) is 133 Å². The summed E-state index contributed by atoms with van der Waals surface area (Å²) in [6.45, 7) is 0. The molecule has 0 radical (unpaired) electrons. The predicted molar refractivity (Wildman–Crippen MR) is 267 cm³/mol. The van der Waals surface area contributed by atoms with E-state index in [1.54, 1.807) is 0 Å². The maximum atomic E-state index is 7.01. The quantitative estimate of drug-likeness (QED) is 0.173. The highest BCUT2D eigenvalue weighted by Crippen LogP contribution is 2.44. The molecule has 0 bridgehead atoms. The Morgan fingerprint density at radius 3 is 1.57 bits per heavy atom. The number of benzene rings is 10. The van der Waals surface area contributed by atoms with Gasteiger partial charge >= 0.3 is 0 Å². The van der Waals surface area contributed by atoms with E-state index in [0.717, 1.165) is 104 Å². The number of rotatable bonds is 5. The standard InChI is InChI=1S/C59H35N5O/c1-3-15-36(16-4-1)57-60-58(41-27-30-51-47(33-41)43-23-11-13-25-50(43)63(51)42-21-5-2-6-22-42)62-59(61-57)46-29-28-45-44-24-12-14-26-54(44)65-56(45)55(46)64-52-34-39-19-9-7-17-37(39)31-48(52)49-32-38-18-8-10-20-40(38)35-53(49)64/h1-35H. The summed E-state index contributed by atoms with van der Waals surface area (Å²) in [6, 6.07) is 75.0. The monoisotopic (exact) mass is 829 g/mol. The first-order valence-electron chi connectivity index (χ1n) is 21.9. The van der Waals surface area contributed by atoms with Crippen LogP contribution >= 0.6 is 0 Å². The van der Waals surface area contributed by atoms with Crippen LogP contribution in [0.5, 0.6) is 0 Å². The Morgan fingerprint density at radius 1 is 0.323 bits per heavy atom. The van der Waals surface area contributed by atoms with Crippen molar-refractivity contribution in [1.82, 2.24) is 24.1 Å². The lowest BCUT2D eigenvalue weighted by Crippen LogP contribution is -2.04. The molecule has 0 N–H and O–H groups in total. The third-order valence-corrected chi connectivity index (χ3v) is 13.1. The topological polar surface area (TPSA) is 61.7 Å². The third kappa shape index (κ3) is 5.44. The van der Waals surface area contributed by atoms with E-state index in [1.165, 1.54) is 10.8 Å². The molecule has 0 aliphatic carbocycles. The SMILES string of the molecule is c1ccc(-c2nc(-c3ccc4c(c3)c3ccccc3n4-c3ccccc3)nc(-c3ccc4c(oc5ccccc54)c3-n3c4cc5ccccc5cc4c4cc5ccccc5cc43)n2)cc1. The van der Waals surface area contributed by atoms with Crippen LogP contribution in [0.4, 0.5) is 0 Å². The summed E-state index contributed by atoms with van der Waals surface area (Å²) in [5.74, 6) is 1.73. The molecule has 65 heavy (non-hydrogen) atoms. The molecule has 0 saturated heterocycles. The number of hydrogen-bond acceptors (Lipinski definition) is 4. The van der Waals surface area contributed by atoms with Gasteiger partial charge in [-0.2, -0.15) is 0 Å². The Labute approximate surface area is 371 Å². The molecule has 302 valence electrons. The van der Waals surface area contributed by atoms with Gasteiger partial charge in [-0.3, -0.25) is 0 Å². The molecule has 4 heterocycles. The Balaban J connectivity index is 1.09. The van der Waals surface area contributed by atoms with Gasteiger partial charge in [-0.1, -0.05) is 133 Å². The third-order valence-electron chi connectivity index (χ3n) is 13.1. The van der Waals surface area contributed by atoms with Gasteiger partial charge in [0, 0.05) is 54.7 Å². The number of para-hydroxylation sites is 3. The van der Waals surface area contributed by atoms with Gasteiger partial charge in [0.1, 0.15) is 11.3 Å². The van der Waals surface area contributed by atoms with Crippen molar-refractivity contribution >= 4 is 87.1 Å². The number of aromatic nitrogens is 5. The molecule has 0 unspecified atom stereocenters. The molecule has 14 aromatic rings. The van der Waals surface area contributed by atoms with Crippen LogP contribution < -0.4 is 0 Å². The van der Waals surface area contributed by atoms with Gasteiger partial charge < -0.3 is 13.6 Å². The van der Waals surface area contributed by atoms with Crippen LogP contribution in [0.1, 0.15) is 0 Å². The lowest BCUT2D eigenvalue weighted by molar-refractivity contribution is 0.666. The smallest absolute Gasteiger partial charge is 0.166 e. The highest BCUT2D eigenvalue weighted by atomic mass is 16.3. The van der Waals surface area contributed by atoms with Crippen LogP contribution in [0, 0.1) is 0 Å². The van der Waals surface area contributed by atoms with E-state index in [4.69, 9.17) is 19.4 Å². The fourth-order valence-electron chi connectivity index (χ4n) is 10.1. The summed E-state index contributed by atoms with van der Waals surface area (Å²) >= 11 is 0. The molecule has 0 atom stereocenters. The van der Waals surface area contributed by atoms with Gasteiger partial charge in [0.05, 0.1) is 22.1 Å². The van der Waals surface area contributed by atoms with Crippen molar-refractivity contribution < 1.29 is 4.42 Å². The number of furan rings is 1. The normalized spacial score (nSPS) is 12.0. The molecule has 6 heteroatoms. The average Bonchev–Trinajstić information content (AvgIpc) is 4.02. The summed E-state index contributed by atoms with van der Waals surface area (Å²) in [5, 5.41) is 11.4. The van der Waals surface area contributed by atoms with Crippen molar-refractivity contribution in [1.29, 1.82) is 0 Å². The first kappa shape index (κ1) is 35.7. The highest BCUT2D eigenvalue weighted by Gasteiger charge is 2.25. The van der Waals surface area contributed by atoms with E-state index in [2.05, 4.69) is 191 Å². The molecule has 0 fully saturated rings. The fourth-order valence-corrected chi connectivity index (χ4v) is 10.1. The number of fused-ring (bicyclic) bond motifs is 11. The van der Waals surface area contributed by atoms with Crippen molar-refractivity contribution in [3.63, 3.8) is 0 Å². The van der Waals surface area contributed by atoms with Crippen molar-refractivity contribution in [3.05, 3.63) is 212 Å². The molecule has 0 saturated carbocycles. The van der Waals surface area contributed by atoms with Crippen molar-refractivity contribution in [2.24, 2.45) is 0 Å². The summed E-state index contributed by atoms with van der Waals surface area (Å²) in [6.07, 6.45) is 0. The summed E-state index contributed by atoms with van der Waals surface area (Å²) in [7, 11) is 0. The highest BCUT2D eigenvalue weighted by molar-refractivity contribution is 6.19. The van der Waals surface area contributed by atoms with E-state index in [1.807, 2.05) is 30.3 Å². The minimum absolute atomic E-state index is 0.551. The van der Waals surface area contributed by atoms with E-state index < -0.39 is 0 Å². The Morgan fingerprint density at radius 2 is 0.862 bits per heavy atom. The first-order chi connectivity index (χ1) is 32.2. The van der Waals surface area contributed by atoms with Gasteiger partial charge in [0.15, 0.2) is 23.1 Å². The zero-order valence-corrected chi connectivity index (χ0v) is 34.9. The molecule has 14 rings (SSSR count). The van der Waals surface area contributed by atoms with E-state index in [-0.39, 0.29) is 0 Å². The zero-order valence-electron chi connectivity index (χ0n) is 34.9. The van der Waals surface area contributed by atoms with Crippen LogP contribution in [0.15, 0.2) is 217 Å². The lowest BCUT2D eigenvalue weighted by Gasteiger charge is -2.16. The minimum atomic E-state index is 0.551. The molecular weight excluding hydrogens is 795 g/mol. The molecule has 0 amide bonds. The molecule has 4 aromatic heterocycles. The van der Waals surface area contributed by atoms with Gasteiger partial charge in [0.25, 0.3) is 0 Å². The van der Waals surface area contributed by atoms with Crippen LogP contribution in [-0.4, -0.2) is 24.1 Å². The minimum Gasteiger partial charge on any atom is -0.454 e. The summed E-state index contributed by atoms with van der Waals surface area (Å²) < 4.78 is 11.7. The predicted octanol–water partition coefficient (Wildman–Crippen LogP) is 15.3. The Kier molecular flexibility index (Phi) is 7.59. The number of hydrogen-bond donors (Lipinski definition) is 0. The summed E-state index contributed by atoms with van der Waals surface area (Å²) in [5.41, 5.74) is 10.6. The maximum Gasteiger partial charge on any atom is 0.166 e. The zero-order chi connectivity index (χ0) is 42.6. The van der Waals surface area contributed by atoms with E-state index in [9.17, 15) is 0 Å². The van der Waals surface area contributed by atoms with Crippen molar-refractivity contribution in [2.45, 2.75) is 0 Å². The van der Waals surface area contributed by atoms with Crippen molar-refractivity contribution in [3.8, 4) is 45.5 Å². The van der Waals surface area contributed by atoms with Gasteiger partial charge in [-0.15, -0.1) is 0 Å². The van der Waals surface area contributed by atoms with Crippen molar-refractivity contribution in [2.75, 3.05) is 0 Å². The second-order valence-corrected chi connectivity index (χ2v) is 16.8. The Hall–Kier alpha value is -8.87. The number of nitrogens with zero attached hydrogens (tertiary/aromatic N) is 5. The fraction of sp³-hybridized carbons (Fsp3) is 0. The molecular formula is C59H35N5O. The second kappa shape index (κ2) is 13.8. The molecule has 0 aliphatic heterocycles. The van der Waals surface area contributed by atoms with Crippen LogP contribution in [0.2, 0.25) is 0 Å². The van der Waals surface area contributed by atoms with E-state index in [0.29, 0.717) is 17.5 Å². The molecule has 6 nitrogen and oxygen atoms in total. The largest absolute Gasteiger partial charge is 0.454 e. The maximum absolute atomic E-state index is 7.01. The summed E-state index contributed by atoms with van der Waals surface area (Å²) in [4.78, 5) is 16.1. The average molecular weight is 830 g/mol. The lowest BCUT2D eigenvalue weighted by atomic mass is 10.0. The van der Waals surface area contributed by atoms with Gasteiger partial charge in [-0.05, 0) is 100 Å². The van der Waals surface area contributed by atoms with E-state index >= 15 is 0 Å². The first-order valence-corrected chi connectivity index (χ1v) is 21.9. The van der Waals surface area contributed by atoms with Crippen LogP contribution in [0.3, 0.4) is 0 Å². The van der Waals surface area contributed by atoms with Gasteiger partial charge in [0.2, 0.25) is 0 Å². The molecule has 0 spiro atoms. The Bertz CT molecular complexity index is 4150. The van der Waals surface area contributed by atoms with Gasteiger partial charge in [-0.25, -0.2) is 15.0 Å². The molecule has 10 aromatic carbocycles. The molecule has 0 aliphatic rings. The van der Waals surface area contributed by atoms with Crippen LogP contribution in [-0.2, 0) is 0 Å². The second-order valence-electron chi connectivity index (χ2n) is 16.8.